The molecule has 0 aromatic carbocycles. The monoisotopic (exact) mass is 207 g/mol. The second-order valence-electron chi connectivity index (χ2n) is 3.49. The number of rotatable bonds is 5. The van der Waals surface area contributed by atoms with Gasteiger partial charge in [-0.05, 0) is 12.8 Å². The van der Waals surface area contributed by atoms with E-state index in [1.54, 1.807) is 0 Å². The zero-order chi connectivity index (χ0) is 11.1. The Morgan fingerprint density at radius 1 is 1.40 bits per heavy atom. The van der Waals surface area contributed by atoms with E-state index in [9.17, 15) is 4.79 Å². The highest BCUT2D eigenvalue weighted by molar-refractivity contribution is 5.93. The lowest BCUT2D eigenvalue weighted by Crippen LogP contribution is -2.34. The van der Waals surface area contributed by atoms with Gasteiger partial charge in [-0.3, -0.25) is 4.79 Å². The van der Waals surface area contributed by atoms with Crippen LogP contribution in [0, 0.1) is 0 Å². The van der Waals surface area contributed by atoms with Crippen LogP contribution in [0.4, 0.5) is 0 Å². The summed E-state index contributed by atoms with van der Waals surface area (Å²) in [7, 11) is 0. The predicted octanol–water partition coefficient (Wildman–Crippen LogP) is 1.79. The fraction of sp³-hybridized carbons (Fsp3) is 0.545. The number of carbonyl (C=O) groups excluding carboxylic acids is 1. The molecule has 1 amide bonds. The third kappa shape index (κ3) is 3.65. The van der Waals surface area contributed by atoms with Gasteiger partial charge in [0.2, 0.25) is 0 Å². The normalized spacial score (nSPS) is 12.1. The van der Waals surface area contributed by atoms with Gasteiger partial charge in [-0.15, -0.1) is 0 Å². The molecule has 1 unspecified atom stereocenters. The second-order valence-corrected chi connectivity index (χ2v) is 3.49. The summed E-state index contributed by atoms with van der Waals surface area (Å²) in [5, 5.41) is 2.96. The molecule has 4 nitrogen and oxygen atoms in total. The van der Waals surface area contributed by atoms with Crippen molar-refractivity contribution < 1.29 is 4.79 Å². The van der Waals surface area contributed by atoms with Gasteiger partial charge in [-0.2, -0.15) is 0 Å². The molecule has 0 aliphatic heterocycles. The van der Waals surface area contributed by atoms with Crippen LogP contribution in [0.25, 0.3) is 0 Å². The number of carbonyl (C=O) groups is 1. The first-order valence-corrected chi connectivity index (χ1v) is 5.33. The molecule has 0 aliphatic rings. The minimum absolute atomic E-state index is 0.0871. The van der Waals surface area contributed by atoms with Crippen LogP contribution in [-0.4, -0.2) is 21.9 Å². The van der Waals surface area contributed by atoms with Crippen LogP contribution in [0.5, 0.6) is 0 Å². The Morgan fingerprint density at radius 3 is 2.60 bits per heavy atom. The van der Waals surface area contributed by atoms with Crippen molar-refractivity contribution in [3.8, 4) is 0 Å². The number of nitrogens with one attached hydrogen (secondary N) is 1. The van der Waals surface area contributed by atoms with E-state index in [1.165, 1.54) is 18.7 Å². The largest absolute Gasteiger partial charge is 0.349 e. The van der Waals surface area contributed by atoms with E-state index in [2.05, 4.69) is 29.1 Å². The summed E-state index contributed by atoms with van der Waals surface area (Å²) in [5.41, 5.74) is 0.520. The zero-order valence-corrected chi connectivity index (χ0v) is 9.23. The summed E-state index contributed by atoms with van der Waals surface area (Å²) >= 11 is 0. The van der Waals surface area contributed by atoms with Gasteiger partial charge in [0.1, 0.15) is 6.33 Å². The van der Waals surface area contributed by atoms with Gasteiger partial charge >= 0.3 is 0 Å². The molecule has 15 heavy (non-hydrogen) atoms. The Hall–Kier alpha value is -1.45. The lowest BCUT2D eigenvalue weighted by Gasteiger charge is -2.15. The Bertz CT molecular complexity index is 300. The number of hydrogen-bond donors (Lipinski definition) is 1. The molecule has 1 aromatic heterocycles. The minimum Gasteiger partial charge on any atom is -0.349 e. The number of amides is 1. The minimum atomic E-state index is -0.0871. The van der Waals surface area contributed by atoms with Gasteiger partial charge < -0.3 is 5.32 Å². The van der Waals surface area contributed by atoms with Crippen molar-refractivity contribution in [1.29, 1.82) is 0 Å². The van der Waals surface area contributed by atoms with Gasteiger partial charge in [0.05, 0.1) is 5.56 Å². The number of aromatic nitrogens is 2. The highest BCUT2D eigenvalue weighted by atomic mass is 16.1. The molecule has 1 N–H and O–H groups in total. The molecule has 4 heteroatoms. The molecule has 1 atom stereocenters. The molecule has 0 aliphatic carbocycles. The maximum atomic E-state index is 11.7. The average Bonchev–Trinajstić information content (AvgIpc) is 2.29. The van der Waals surface area contributed by atoms with Crippen molar-refractivity contribution in [2.75, 3.05) is 0 Å². The molecule has 1 heterocycles. The van der Waals surface area contributed by atoms with Crippen molar-refractivity contribution in [3.05, 3.63) is 24.3 Å². The summed E-state index contributed by atoms with van der Waals surface area (Å²) in [5.74, 6) is -0.0871. The summed E-state index contributed by atoms with van der Waals surface area (Å²) in [4.78, 5) is 19.3. The zero-order valence-electron chi connectivity index (χ0n) is 9.23. The van der Waals surface area contributed by atoms with Crippen molar-refractivity contribution in [1.82, 2.24) is 15.3 Å². The first kappa shape index (κ1) is 11.6. The lowest BCUT2D eigenvalue weighted by atomic mass is 10.1. The van der Waals surface area contributed by atoms with E-state index in [0.717, 1.165) is 19.3 Å². The van der Waals surface area contributed by atoms with Crippen molar-refractivity contribution in [3.63, 3.8) is 0 Å². The van der Waals surface area contributed by atoms with E-state index in [1.807, 2.05) is 0 Å². The van der Waals surface area contributed by atoms with E-state index >= 15 is 0 Å². The lowest BCUT2D eigenvalue weighted by molar-refractivity contribution is 0.0933. The molecule has 0 fully saturated rings. The fourth-order valence-corrected chi connectivity index (χ4v) is 1.41. The van der Waals surface area contributed by atoms with E-state index in [4.69, 9.17) is 0 Å². The Morgan fingerprint density at radius 2 is 2.07 bits per heavy atom. The van der Waals surface area contributed by atoms with Crippen LogP contribution in [0.15, 0.2) is 18.7 Å². The third-order valence-electron chi connectivity index (χ3n) is 2.29. The molecule has 0 bridgehead atoms. The van der Waals surface area contributed by atoms with Crippen molar-refractivity contribution in [2.45, 2.75) is 39.2 Å². The third-order valence-corrected chi connectivity index (χ3v) is 2.29. The average molecular weight is 207 g/mol. The fourth-order valence-electron chi connectivity index (χ4n) is 1.41. The Balaban J connectivity index is 2.55. The Labute approximate surface area is 90.1 Å². The topological polar surface area (TPSA) is 54.9 Å². The maximum Gasteiger partial charge on any atom is 0.254 e. The number of hydrogen-bond acceptors (Lipinski definition) is 3. The first-order valence-electron chi connectivity index (χ1n) is 5.33. The van der Waals surface area contributed by atoms with Gasteiger partial charge in [-0.25, -0.2) is 9.97 Å². The van der Waals surface area contributed by atoms with Crippen LogP contribution in [0.2, 0.25) is 0 Å². The summed E-state index contributed by atoms with van der Waals surface area (Å²) in [6.07, 6.45) is 7.51. The number of nitrogens with zero attached hydrogens (tertiary/aromatic N) is 2. The summed E-state index contributed by atoms with van der Waals surface area (Å²) < 4.78 is 0. The highest BCUT2D eigenvalue weighted by Crippen LogP contribution is 2.02. The molecular formula is C11H17N3O. The molecular weight excluding hydrogens is 190 g/mol. The summed E-state index contributed by atoms with van der Waals surface area (Å²) in [6, 6.07) is 0.253. The van der Waals surface area contributed by atoms with Crippen LogP contribution >= 0.6 is 0 Å². The molecule has 82 valence electrons. The standard InChI is InChI=1S/C11H17N3O/c1-3-5-10(4-2)14-11(15)9-6-12-8-13-7-9/h6-8,10H,3-5H2,1-2H3,(H,14,15). The smallest absolute Gasteiger partial charge is 0.254 e. The quantitative estimate of drug-likeness (QED) is 0.800. The van der Waals surface area contributed by atoms with Crippen LogP contribution in [0.3, 0.4) is 0 Å². The van der Waals surface area contributed by atoms with Gasteiger partial charge in [0, 0.05) is 18.4 Å². The molecule has 1 aromatic rings. The van der Waals surface area contributed by atoms with Crippen molar-refractivity contribution in [2.24, 2.45) is 0 Å². The Kier molecular flexibility index (Phi) is 4.74. The second kappa shape index (κ2) is 6.11. The van der Waals surface area contributed by atoms with Crippen LogP contribution in [-0.2, 0) is 0 Å². The molecule has 0 saturated heterocycles. The highest BCUT2D eigenvalue weighted by Gasteiger charge is 2.11. The van der Waals surface area contributed by atoms with E-state index in [0.29, 0.717) is 5.56 Å². The van der Waals surface area contributed by atoms with Gasteiger partial charge in [0.25, 0.3) is 5.91 Å². The van der Waals surface area contributed by atoms with E-state index in [-0.39, 0.29) is 11.9 Å². The van der Waals surface area contributed by atoms with Gasteiger partial charge in [0.15, 0.2) is 0 Å². The molecule has 0 radical (unpaired) electrons. The van der Waals surface area contributed by atoms with Crippen molar-refractivity contribution >= 4 is 5.91 Å². The van der Waals surface area contributed by atoms with Gasteiger partial charge in [-0.1, -0.05) is 20.3 Å². The van der Waals surface area contributed by atoms with E-state index < -0.39 is 0 Å². The van der Waals surface area contributed by atoms with Crippen LogP contribution in [0.1, 0.15) is 43.5 Å². The summed E-state index contributed by atoms with van der Waals surface area (Å²) in [6.45, 7) is 4.18. The maximum absolute atomic E-state index is 11.7. The molecule has 1 rings (SSSR count). The molecule has 0 spiro atoms. The predicted molar refractivity (Wildman–Crippen MR) is 58.5 cm³/mol. The van der Waals surface area contributed by atoms with Crippen LogP contribution < -0.4 is 5.32 Å². The first-order chi connectivity index (χ1) is 7.27. The SMILES string of the molecule is CCCC(CC)NC(=O)c1cncnc1. The molecule has 0 saturated carbocycles.